The van der Waals surface area contributed by atoms with E-state index in [2.05, 4.69) is 15.6 Å². The first-order chi connectivity index (χ1) is 12.4. The van der Waals surface area contributed by atoms with Crippen molar-refractivity contribution in [2.45, 2.75) is 37.5 Å². The standard InChI is InChI=1S/C16H22FN3O5S/c17-13-9-11(5-7-18-13)10-26-8-2-1-6-19-16(25)20-12(15(23)24)3-4-14(21)22/h5,7,9,12H,1-4,6,8,10H2,(H,21,22)(H,23,24)(H2,19,20,25)/i17-1. The molecule has 4 N–H and O–H groups in total. The van der Waals surface area contributed by atoms with Gasteiger partial charge in [-0.05, 0) is 42.7 Å². The highest BCUT2D eigenvalue weighted by Crippen LogP contribution is 2.13. The van der Waals surface area contributed by atoms with Crippen LogP contribution < -0.4 is 10.6 Å². The molecular weight excluding hydrogens is 364 g/mol. The summed E-state index contributed by atoms with van der Waals surface area (Å²) in [4.78, 5) is 36.6. The molecule has 1 aromatic rings. The first-order valence-electron chi connectivity index (χ1n) is 8.05. The Bertz CT molecular complexity index is 617. The number of carboxylic acid groups (broad SMARTS) is 2. The summed E-state index contributed by atoms with van der Waals surface area (Å²) >= 11 is 1.64. The third-order valence-corrected chi connectivity index (χ3v) is 4.43. The van der Waals surface area contributed by atoms with Crippen molar-refractivity contribution >= 4 is 29.7 Å². The monoisotopic (exact) mass is 386 g/mol. The van der Waals surface area contributed by atoms with Crippen molar-refractivity contribution in [3.05, 3.63) is 29.8 Å². The smallest absolute Gasteiger partial charge is 0.326 e. The van der Waals surface area contributed by atoms with E-state index in [1.165, 1.54) is 12.3 Å². The minimum absolute atomic E-state index is 0.176. The average Bonchev–Trinajstić information content (AvgIpc) is 2.57. The van der Waals surface area contributed by atoms with Gasteiger partial charge in [0.2, 0.25) is 5.95 Å². The number of nitrogens with one attached hydrogen (secondary N) is 2. The summed E-state index contributed by atoms with van der Waals surface area (Å²) in [7, 11) is 0. The molecule has 0 spiro atoms. The molecule has 26 heavy (non-hydrogen) atoms. The molecule has 1 rings (SSSR count). The van der Waals surface area contributed by atoms with Crippen molar-refractivity contribution in [1.29, 1.82) is 0 Å². The van der Waals surface area contributed by atoms with E-state index in [9.17, 15) is 18.8 Å². The lowest BCUT2D eigenvalue weighted by Crippen LogP contribution is -2.46. The van der Waals surface area contributed by atoms with Gasteiger partial charge in [0, 0.05) is 24.9 Å². The number of halogens is 1. The summed E-state index contributed by atoms with van der Waals surface area (Å²) < 4.78 is 12.9. The van der Waals surface area contributed by atoms with Crippen molar-refractivity contribution < 1.29 is 29.0 Å². The topological polar surface area (TPSA) is 129 Å². The number of thioether (sulfide) groups is 1. The van der Waals surface area contributed by atoms with Crippen molar-refractivity contribution in [2.24, 2.45) is 0 Å². The van der Waals surface area contributed by atoms with Gasteiger partial charge in [-0.15, -0.1) is 0 Å². The summed E-state index contributed by atoms with van der Waals surface area (Å²) in [5.74, 6) is -1.38. The van der Waals surface area contributed by atoms with E-state index in [0.717, 1.165) is 17.7 Å². The van der Waals surface area contributed by atoms with Gasteiger partial charge in [-0.3, -0.25) is 4.79 Å². The number of hydrogen-bond acceptors (Lipinski definition) is 5. The van der Waals surface area contributed by atoms with Gasteiger partial charge in [0.15, 0.2) is 0 Å². The zero-order chi connectivity index (χ0) is 19.4. The van der Waals surface area contributed by atoms with Crippen LogP contribution in [0.3, 0.4) is 0 Å². The maximum Gasteiger partial charge on any atom is 0.326 e. The molecule has 0 radical (unpaired) electrons. The second kappa shape index (κ2) is 12.1. The van der Waals surface area contributed by atoms with E-state index in [1.807, 2.05) is 0 Å². The molecule has 0 aliphatic carbocycles. The van der Waals surface area contributed by atoms with Crippen LogP contribution in [0, 0.1) is 5.95 Å². The Morgan fingerprint density at radius 3 is 2.69 bits per heavy atom. The van der Waals surface area contributed by atoms with E-state index in [-0.39, 0.29) is 12.8 Å². The van der Waals surface area contributed by atoms with Crippen LogP contribution in [0.2, 0.25) is 0 Å². The largest absolute Gasteiger partial charge is 0.481 e. The van der Waals surface area contributed by atoms with Crippen molar-refractivity contribution in [1.82, 2.24) is 15.6 Å². The van der Waals surface area contributed by atoms with Crippen LogP contribution in [0.5, 0.6) is 0 Å². The Morgan fingerprint density at radius 2 is 2.04 bits per heavy atom. The molecule has 1 unspecified atom stereocenters. The Morgan fingerprint density at radius 1 is 1.27 bits per heavy atom. The van der Waals surface area contributed by atoms with E-state index in [0.29, 0.717) is 18.7 Å². The van der Waals surface area contributed by atoms with Crippen LogP contribution in [0.25, 0.3) is 0 Å². The fourth-order valence-electron chi connectivity index (χ4n) is 1.99. The first-order valence-corrected chi connectivity index (χ1v) is 9.21. The van der Waals surface area contributed by atoms with Gasteiger partial charge >= 0.3 is 18.0 Å². The van der Waals surface area contributed by atoms with Crippen LogP contribution in [-0.2, 0) is 15.3 Å². The fourth-order valence-corrected chi connectivity index (χ4v) is 2.96. The number of aliphatic carboxylic acids is 2. The quantitative estimate of drug-likeness (QED) is 0.319. The molecular formula is C16H22FN3O5S. The van der Waals surface area contributed by atoms with Crippen molar-refractivity contribution in [3.63, 3.8) is 0 Å². The van der Waals surface area contributed by atoms with Gasteiger partial charge in [-0.1, -0.05) is 0 Å². The molecule has 1 heterocycles. The van der Waals surface area contributed by atoms with Crippen LogP contribution in [0.4, 0.5) is 9.18 Å². The van der Waals surface area contributed by atoms with Gasteiger partial charge in [-0.2, -0.15) is 16.2 Å². The van der Waals surface area contributed by atoms with E-state index in [4.69, 9.17) is 10.2 Å². The van der Waals surface area contributed by atoms with Crippen LogP contribution in [-0.4, -0.2) is 51.5 Å². The minimum atomic E-state index is -1.27. The maximum absolute atomic E-state index is 12.9. The Kier molecular flexibility index (Phi) is 10.1. The summed E-state index contributed by atoms with van der Waals surface area (Å²) in [5.41, 5.74) is 0.862. The molecule has 0 aliphatic heterocycles. The summed E-state index contributed by atoms with van der Waals surface area (Å²) in [5, 5.41) is 22.3. The minimum Gasteiger partial charge on any atom is -0.481 e. The number of hydrogen-bond donors (Lipinski definition) is 4. The zero-order valence-electron chi connectivity index (χ0n) is 14.1. The number of nitrogens with zero attached hydrogens (tertiary/aromatic N) is 1. The molecule has 0 aromatic carbocycles. The summed E-state index contributed by atoms with van der Waals surface area (Å²) in [6.07, 6.45) is 2.45. The molecule has 2 amide bonds. The molecule has 0 saturated carbocycles. The number of unbranched alkanes of at least 4 members (excludes halogenated alkanes) is 1. The molecule has 8 nitrogen and oxygen atoms in total. The van der Waals surface area contributed by atoms with Crippen molar-refractivity contribution in [3.8, 4) is 0 Å². The van der Waals surface area contributed by atoms with Crippen LogP contribution in [0.1, 0.15) is 31.2 Å². The third kappa shape index (κ3) is 9.82. The Balaban J connectivity index is 2.11. The zero-order valence-corrected chi connectivity index (χ0v) is 14.9. The average molecular weight is 386 g/mol. The number of amides is 2. The molecule has 0 saturated heterocycles. The van der Waals surface area contributed by atoms with E-state index in [1.54, 1.807) is 17.8 Å². The van der Waals surface area contributed by atoms with Crippen LogP contribution >= 0.6 is 11.8 Å². The molecule has 144 valence electrons. The second-order valence-corrected chi connectivity index (χ2v) is 6.58. The molecule has 1 aromatic heterocycles. The Labute approximate surface area is 154 Å². The lowest BCUT2D eigenvalue weighted by molar-refractivity contribution is -0.140. The fraction of sp³-hybridized carbons (Fsp3) is 0.500. The highest BCUT2D eigenvalue weighted by Gasteiger charge is 2.20. The van der Waals surface area contributed by atoms with Crippen LogP contribution in [0.15, 0.2) is 18.3 Å². The van der Waals surface area contributed by atoms with Gasteiger partial charge in [-0.25, -0.2) is 14.6 Å². The maximum atomic E-state index is 12.9. The first kappa shape index (κ1) is 21.7. The molecule has 0 bridgehead atoms. The predicted octanol–water partition coefficient (Wildman–Crippen LogP) is 1.85. The number of rotatable bonds is 12. The van der Waals surface area contributed by atoms with E-state index >= 15 is 0 Å². The second-order valence-electron chi connectivity index (χ2n) is 5.47. The molecule has 0 fully saturated rings. The SMILES string of the molecule is O=C(O)CCC(NC(=O)NCCCCSCc1ccnc([18F])c1)C(=O)O. The molecule has 1 atom stereocenters. The number of carbonyl (C=O) groups excluding carboxylic acids is 1. The number of aromatic nitrogens is 1. The number of pyridine rings is 1. The lowest BCUT2D eigenvalue weighted by atomic mass is 10.1. The summed E-state index contributed by atoms with van der Waals surface area (Å²) in [6, 6.07) is 1.28. The molecule has 10 heteroatoms. The van der Waals surface area contributed by atoms with Gasteiger partial charge in [0.25, 0.3) is 0 Å². The predicted molar refractivity (Wildman–Crippen MR) is 94.4 cm³/mol. The highest BCUT2D eigenvalue weighted by molar-refractivity contribution is 7.98. The summed E-state index contributed by atoms with van der Waals surface area (Å²) in [6.45, 7) is 0.377. The van der Waals surface area contributed by atoms with Crippen molar-refractivity contribution in [2.75, 3.05) is 12.3 Å². The van der Waals surface area contributed by atoms with Gasteiger partial charge in [0.1, 0.15) is 6.04 Å². The number of urea groups is 1. The van der Waals surface area contributed by atoms with E-state index < -0.39 is 30.0 Å². The number of carboxylic acids is 2. The number of carbonyl (C=O) groups is 3. The Hall–Kier alpha value is -2.36. The molecule has 0 aliphatic rings. The lowest BCUT2D eigenvalue weighted by Gasteiger charge is -2.14. The van der Waals surface area contributed by atoms with Gasteiger partial charge < -0.3 is 20.8 Å². The third-order valence-electron chi connectivity index (χ3n) is 3.31. The van der Waals surface area contributed by atoms with Gasteiger partial charge in [0.05, 0.1) is 0 Å². The normalized spacial score (nSPS) is 11.6. The highest BCUT2D eigenvalue weighted by atomic mass is 32.2.